The molecule has 0 spiro atoms. The molecule has 0 saturated heterocycles. The highest BCUT2D eigenvalue weighted by Crippen LogP contribution is 2.48. The number of aliphatic carboxylic acids is 1. The summed E-state index contributed by atoms with van der Waals surface area (Å²) in [5, 5.41) is 11.7. The molecule has 0 aliphatic heterocycles. The zero-order chi connectivity index (χ0) is 15.1. The highest BCUT2D eigenvalue weighted by Gasteiger charge is 2.51. The summed E-state index contributed by atoms with van der Waals surface area (Å²) >= 11 is 0. The van der Waals surface area contributed by atoms with Gasteiger partial charge in [-0.05, 0) is 31.1 Å². The van der Waals surface area contributed by atoms with Gasteiger partial charge in [-0.1, -0.05) is 0 Å². The number of carboxylic acids is 1. The molecule has 20 heavy (non-hydrogen) atoms. The van der Waals surface area contributed by atoms with Gasteiger partial charge in [-0.3, -0.25) is 4.79 Å². The Morgan fingerprint density at radius 1 is 1.30 bits per heavy atom. The largest absolute Gasteiger partial charge is 0.481 e. The van der Waals surface area contributed by atoms with Crippen LogP contribution in [0.3, 0.4) is 0 Å². The number of carboxylic acid groups (broad SMARTS) is 1. The molecule has 0 radical (unpaired) electrons. The Labute approximate surface area is 114 Å². The molecule has 5 nitrogen and oxygen atoms in total. The van der Waals surface area contributed by atoms with E-state index in [1.165, 1.54) is 0 Å². The van der Waals surface area contributed by atoms with Crippen molar-refractivity contribution < 1.29 is 27.9 Å². The molecule has 8 heteroatoms. The number of halogens is 3. The number of hydrogen-bond acceptors (Lipinski definition) is 2. The number of fused-ring (bicyclic) bond motifs is 2. The van der Waals surface area contributed by atoms with Crippen molar-refractivity contribution >= 4 is 12.0 Å². The van der Waals surface area contributed by atoms with E-state index < -0.39 is 36.7 Å². The van der Waals surface area contributed by atoms with Gasteiger partial charge in [-0.25, -0.2) is 4.79 Å². The summed E-state index contributed by atoms with van der Waals surface area (Å²) in [4.78, 5) is 23.5. The zero-order valence-electron chi connectivity index (χ0n) is 11.0. The highest BCUT2D eigenvalue weighted by molar-refractivity contribution is 5.77. The van der Waals surface area contributed by atoms with E-state index in [0.717, 1.165) is 26.3 Å². The number of hydrogen-bond donors (Lipinski definition) is 2. The predicted octanol–water partition coefficient (Wildman–Crippen LogP) is 1.69. The third-order valence-corrected chi connectivity index (χ3v) is 4.25. The van der Waals surface area contributed by atoms with Crippen LogP contribution in [-0.2, 0) is 4.79 Å². The van der Waals surface area contributed by atoms with E-state index in [-0.39, 0.29) is 11.8 Å². The second kappa shape index (κ2) is 5.14. The first-order valence-electron chi connectivity index (χ1n) is 6.50. The van der Waals surface area contributed by atoms with Crippen molar-refractivity contribution in [3.05, 3.63) is 0 Å². The van der Waals surface area contributed by atoms with Crippen LogP contribution in [0.2, 0.25) is 0 Å². The first-order chi connectivity index (χ1) is 9.19. The van der Waals surface area contributed by atoms with Crippen molar-refractivity contribution in [1.82, 2.24) is 10.2 Å². The van der Waals surface area contributed by atoms with E-state index in [4.69, 9.17) is 0 Å². The molecule has 2 bridgehead atoms. The number of amides is 2. The lowest BCUT2D eigenvalue weighted by Gasteiger charge is -2.30. The summed E-state index contributed by atoms with van der Waals surface area (Å²) in [6, 6.07) is -1.43. The lowest BCUT2D eigenvalue weighted by atomic mass is 9.84. The normalized spacial score (nSPS) is 32.2. The van der Waals surface area contributed by atoms with Crippen LogP contribution in [0.15, 0.2) is 0 Å². The number of nitrogens with one attached hydrogen (secondary N) is 1. The average molecular weight is 294 g/mol. The number of urea groups is 1. The molecular weight excluding hydrogens is 277 g/mol. The maximum absolute atomic E-state index is 12.2. The molecule has 2 rings (SSSR count). The Balaban J connectivity index is 1.98. The topological polar surface area (TPSA) is 69.6 Å². The molecular formula is C12H17F3N2O3. The first-order valence-corrected chi connectivity index (χ1v) is 6.50. The fraction of sp³-hybridized carbons (Fsp3) is 0.833. The number of nitrogens with zero attached hydrogens (tertiary/aromatic N) is 1. The molecule has 0 aromatic carbocycles. The first kappa shape index (κ1) is 14.9. The number of alkyl halides is 3. The van der Waals surface area contributed by atoms with Crippen LogP contribution in [0.4, 0.5) is 18.0 Å². The SMILES string of the molecule is CN(CC(F)(F)F)C(=O)NC1C2CCC(C2)C1C(=O)O. The maximum Gasteiger partial charge on any atom is 0.406 e. The molecule has 0 aromatic rings. The monoisotopic (exact) mass is 294 g/mol. The minimum absolute atomic E-state index is 0.0238. The molecule has 2 N–H and O–H groups in total. The number of carbonyl (C=O) groups excluding carboxylic acids is 1. The van der Waals surface area contributed by atoms with Gasteiger partial charge >= 0.3 is 18.2 Å². The van der Waals surface area contributed by atoms with Crippen molar-refractivity contribution in [1.29, 1.82) is 0 Å². The Hall–Kier alpha value is -1.47. The summed E-state index contributed by atoms with van der Waals surface area (Å²) in [7, 11) is 1.05. The minimum atomic E-state index is -4.47. The quantitative estimate of drug-likeness (QED) is 0.832. The minimum Gasteiger partial charge on any atom is -0.481 e. The molecule has 0 heterocycles. The number of carbonyl (C=O) groups is 2. The molecule has 2 aliphatic carbocycles. The lowest BCUT2D eigenvalue weighted by molar-refractivity contribution is -0.145. The van der Waals surface area contributed by atoms with Crippen molar-refractivity contribution in [2.75, 3.05) is 13.6 Å². The van der Waals surface area contributed by atoms with Crippen molar-refractivity contribution in [3.8, 4) is 0 Å². The van der Waals surface area contributed by atoms with Crippen LogP contribution in [0.5, 0.6) is 0 Å². The van der Waals surface area contributed by atoms with E-state index in [0.29, 0.717) is 4.90 Å². The van der Waals surface area contributed by atoms with Crippen molar-refractivity contribution in [3.63, 3.8) is 0 Å². The van der Waals surface area contributed by atoms with Gasteiger partial charge in [0.2, 0.25) is 0 Å². The van der Waals surface area contributed by atoms with E-state index in [2.05, 4.69) is 5.32 Å². The predicted molar refractivity (Wildman–Crippen MR) is 63.0 cm³/mol. The van der Waals surface area contributed by atoms with Gasteiger partial charge in [0.1, 0.15) is 6.54 Å². The maximum atomic E-state index is 12.2. The third kappa shape index (κ3) is 2.99. The van der Waals surface area contributed by atoms with Gasteiger partial charge in [-0.15, -0.1) is 0 Å². The Kier molecular flexibility index (Phi) is 3.84. The standard InChI is InChI=1S/C12H17F3N2O3/c1-17(5-12(13,14)15)11(20)16-9-7-3-2-6(4-7)8(9)10(18)19/h6-9H,2-5H2,1H3,(H,16,20)(H,18,19). The molecule has 2 saturated carbocycles. The van der Waals surface area contributed by atoms with Crippen LogP contribution in [-0.4, -0.2) is 47.8 Å². The summed E-state index contributed by atoms with van der Waals surface area (Å²) in [5.41, 5.74) is 0. The lowest BCUT2D eigenvalue weighted by Crippen LogP contribution is -2.51. The summed E-state index contributed by atoms with van der Waals surface area (Å²) in [6.07, 6.45) is -2.10. The molecule has 0 aromatic heterocycles. The molecule has 2 fully saturated rings. The summed E-state index contributed by atoms with van der Waals surface area (Å²) in [6.45, 7) is -1.35. The molecule has 2 aliphatic rings. The Morgan fingerprint density at radius 3 is 2.45 bits per heavy atom. The van der Waals surface area contributed by atoms with E-state index in [9.17, 15) is 27.9 Å². The number of rotatable bonds is 3. The van der Waals surface area contributed by atoms with Crippen LogP contribution < -0.4 is 5.32 Å². The van der Waals surface area contributed by atoms with Gasteiger partial charge < -0.3 is 15.3 Å². The van der Waals surface area contributed by atoms with Crippen LogP contribution in [0.25, 0.3) is 0 Å². The van der Waals surface area contributed by atoms with Crippen LogP contribution >= 0.6 is 0 Å². The van der Waals surface area contributed by atoms with Crippen LogP contribution in [0, 0.1) is 17.8 Å². The van der Waals surface area contributed by atoms with E-state index in [1.54, 1.807) is 0 Å². The van der Waals surface area contributed by atoms with E-state index in [1.807, 2.05) is 0 Å². The van der Waals surface area contributed by atoms with E-state index >= 15 is 0 Å². The molecule has 4 unspecified atom stereocenters. The molecule has 4 atom stereocenters. The zero-order valence-corrected chi connectivity index (χ0v) is 11.0. The summed E-state index contributed by atoms with van der Waals surface area (Å²) < 4.78 is 36.7. The van der Waals surface area contributed by atoms with Crippen molar-refractivity contribution in [2.45, 2.75) is 31.5 Å². The highest BCUT2D eigenvalue weighted by atomic mass is 19.4. The Morgan fingerprint density at radius 2 is 1.90 bits per heavy atom. The smallest absolute Gasteiger partial charge is 0.406 e. The average Bonchev–Trinajstić information content (AvgIpc) is 2.86. The fourth-order valence-corrected chi connectivity index (χ4v) is 3.45. The second-order valence-corrected chi connectivity index (χ2v) is 5.64. The third-order valence-electron chi connectivity index (χ3n) is 4.25. The molecule has 2 amide bonds. The van der Waals surface area contributed by atoms with Gasteiger partial charge in [0.25, 0.3) is 0 Å². The molecule has 114 valence electrons. The summed E-state index contributed by atoms with van der Waals surface area (Å²) in [5.74, 6) is -1.59. The van der Waals surface area contributed by atoms with Gasteiger partial charge in [0.15, 0.2) is 0 Å². The van der Waals surface area contributed by atoms with Gasteiger partial charge in [-0.2, -0.15) is 13.2 Å². The van der Waals surface area contributed by atoms with Crippen LogP contribution in [0.1, 0.15) is 19.3 Å². The second-order valence-electron chi connectivity index (χ2n) is 5.64. The Bertz CT molecular complexity index is 413. The van der Waals surface area contributed by atoms with Gasteiger partial charge in [0.05, 0.1) is 5.92 Å². The van der Waals surface area contributed by atoms with Crippen molar-refractivity contribution in [2.24, 2.45) is 17.8 Å². The van der Waals surface area contributed by atoms with Gasteiger partial charge in [0, 0.05) is 13.1 Å². The fourth-order valence-electron chi connectivity index (χ4n) is 3.45.